The third kappa shape index (κ3) is 3.64. The van der Waals surface area contributed by atoms with Crippen molar-refractivity contribution in [3.05, 3.63) is 58.1 Å². The summed E-state index contributed by atoms with van der Waals surface area (Å²) in [6, 6.07) is 13.0. The van der Waals surface area contributed by atoms with Crippen LogP contribution in [0.5, 0.6) is 0 Å². The number of rotatable bonds is 2. The van der Waals surface area contributed by atoms with Crippen LogP contribution < -0.4 is 11.1 Å². The van der Waals surface area contributed by atoms with E-state index in [0.717, 1.165) is 15.7 Å². The van der Waals surface area contributed by atoms with Crippen molar-refractivity contribution < 1.29 is 4.79 Å². The van der Waals surface area contributed by atoms with Gasteiger partial charge >= 0.3 is 0 Å². The molecule has 0 aromatic heterocycles. The van der Waals surface area contributed by atoms with Crippen LogP contribution in [-0.4, -0.2) is 5.91 Å². The molecule has 0 saturated heterocycles. The van der Waals surface area contributed by atoms with Gasteiger partial charge in [-0.2, -0.15) is 0 Å². The molecule has 0 radical (unpaired) electrons. The summed E-state index contributed by atoms with van der Waals surface area (Å²) in [6.07, 6.45) is 0. The lowest BCUT2D eigenvalue weighted by molar-refractivity contribution is 0.102. The highest BCUT2D eigenvalue weighted by Gasteiger charge is 2.19. The second-order valence-corrected chi connectivity index (χ2v) is 6.84. The van der Waals surface area contributed by atoms with Crippen LogP contribution in [0.1, 0.15) is 36.7 Å². The van der Waals surface area contributed by atoms with Gasteiger partial charge in [0, 0.05) is 15.8 Å². The Balaban J connectivity index is 2.35. The molecular weight excluding hydrogens is 328 g/mol. The minimum atomic E-state index is -0.175. The molecule has 0 spiro atoms. The molecule has 2 aromatic rings. The minimum absolute atomic E-state index is 0.0448. The van der Waals surface area contributed by atoms with Crippen molar-refractivity contribution in [2.75, 3.05) is 11.1 Å². The maximum absolute atomic E-state index is 12.5. The fourth-order valence-corrected chi connectivity index (χ4v) is 2.58. The molecule has 2 rings (SSSR count). The maximum Gasteiger partial charge on any atom is 0.256 e. The first-order valence-corrected chi connectivity index (χ1v) is 7.54. The second-order valence-electron chi connectivity index (χ2n) is 5.99. The van der Waals surface area contributed by atoms with E-state index in [4.69, 9.17) is 5.73 Å². The van der Waals surface area contributed by atoms with E-state index < -0.39 is 0 Å². The summed E-state index contributed by atoms with van der Waals surface area (Å²) < 4.78 is 0.724. The number of halogens is 1. The van der Waals surface area contributed by atoms with Gasteiger partial charge in [0.1, 0.15) is 0 Å². The number of hydrogen-bond acceptors (Lipinski definition) is 2. The molecule has 1 amide bonds. The van der Waals surface area contributed by atoms with Gasteiger partial charge in [0.25, 0.3) is 5.91 Å². The summed E-state index contributed by atoms with van der Waals surface area (Å²) in [6.45, 7) is 6.36. The van der Waals surface area contributed by atoms with E-state index in [-0.39, 0.29) is 11.3 Å². The minimum Gasteiger partial charge on any atom is -0.399 e. The molecule has 0 atom stereocenters. The zero-order valence-electron chi connectivity index (χ0n) is 12.4. The lowest BCUT2D eigenvalue weighted by Gasteiger charge is -2.23. The summed E-state index contributed by atoms with van der Waals surface area (Å²) in [5.41, 5.74) is 8.72. The molecule has 3 N–H and O–H groups in total. The van der Waals surface area contributed by atoms with E-state index in [1.807, 2.05) is 24.3 Å². The van der Waals surface area contributed by atoms with E-state index in [1.165, 1.54) is 0 Å². The van der Waals surface area contributed by atoms with Crippen molar-refractivity contribution in [2.24, 2.45) is 0 Å². The van der Waals surface area contributed by atoms with Gasteiger partial charge in [-0.15, -0.1) is 0 Å². The lowest BCUT2D eigenvalue weighted by atomic mass is 9.86. The van der Waals surface area contributed by atoms with Gasteiger partial charge in [-0.1, -0.05) is 39.0 Å². The molecule has 0 unspecified atom stereocenters. The molecule has 4 heteroatoms. The maximum atomic E-state index is 12.5. The standard InChI is InChI=1S/C17H19BrN2O/c1-17(2,3)13-6-4-5-7-15(13)20-16(21)12-10-11(19)8-9-14(12)18/h4-10H,19H2,1-3H3,(H,20,21). The number of para-hydroxylation sites is 1. The molecule has 0 aliphatic carbocycles. The van der Waals surface area contributed by atoms with Gasteiger partial charge in [0.05, 0.1) is 5.56 Å². The third-order valence-electron chi connectivity index (χ3n) is 3.22. The number of nitrogen functional groups attached to an aromatic ring is 1. The first-order valence-electron chi connectivity index (χ1n) is 6.75. The Labute approximate surface area is 133 Å². The molecule has 0 saturated carbocycles. The van der Waals surface area contributed by atoms with Gasteiger partial charge in [-0.25, -0.2) is 0 Å². The summed E-state index contributed by atoms with van der Waals surface area (Å²) in [5.74, 6) is -0.175. The molecule has 0 aliphatic heterocycles. The fraction of sp³-hybridized carbons (Fsp3) is 0.235. The zero-order chi connectivity index (χ0) is 15.6. The van der Waals surface area contributed by atoms with Crippen LogP contribution in [0.15, 0.2) is 46.9 Å². The molecule has 2 aromatic carbocycles. The van der Waals surface area contributed by atoms with Crippen molar-refractivity contribution in [3.63, 3.8) is 0 Å². The first kappa shape index (κ1) is 15.6. The predicted octanol–water partition coefficient (Wildman–Crippen LogP) is 4.58. The number of benzene rings is 2. The number of anilines is 2. The quantitative estimate of drug-likeness (QED) is 0.781. The number of amides is 1. The van der Waals surface area contributed by atoms with Crippen molar-refractivity contribution in [1.29, 1.82) is 0 Å². The fourth-order valence-electron chi connectivity index (χ4n) is 2.15. The average molecular weight is 347 g/mol. The Morgan fingerprint density at radius 3 is 2.48 bits per heavy atom. The summed E-state index contributed by atoms with van der Waals surface area (Å²) in [5, 5.41) is 2.98. The van der Waals surface area contributed by atoms with Crippen LogP contribution in [0.3, 0.4) is 0 Å². The van der Waals surface area contributed by atoms with E-state index in [0.29, 0.717) is 11.3 Å². The Kier molecular flexibility index (Phi) is 4.37. The number of hydrogen-bond donors (Lipinski definition) is 2. The highest BCUT2D eigenvalue weighted by molar-refractivity contribution is 9.10. The lowest BCUT2D eigenvalue weighted by Crippen LogP contribution is -2.19. The van der Waals surface area contributed by atoms with Crippen molar-refractivity contribution in [1.82, 2.24) is 0 Å². The summed E-state index contributed by atoms with van der Waals surface area (Å²) >= 11 is 3.39. The summed E-state index contributed by atoms with van der Waals surface area (Å²) in [4.78, 5) is 12.5. The predicted molar refractivity (Wildman–Crippen MR) is 91.6 cm³/mol. The van der Waals surface area contributed by atoms with Crippen molar-refractivity contribution >= 4 is 33.2 Å². The normalized spacial score (nSPS) is 11.2. The highest BCUT2D eigenvalue weighted by Crippen LogP contribution is 2.30. The summed E-state index contributed by atoms with van der Waals surface area (Å²) in [7, 11) is 0. The molecule has 0 fully saturated rings. The molecular formula is C17H19BrN2O. The van der Waals surface area contributed by atoms with Gasteiger partial charge in [-0.05, 0) is 51.2 Å². The second kappa shape index (κ2) is 5.90. The Morgan fingerprint density at radius 1 is 1.14 bits per heavy atom. The van der Waals surface area contributed by atoms with Crippen molar-refractivity contribution in [2.45, 2.75) is 26.2 Å². The number of nitrogens with one attached hydrogen (secondary N) is 1. The largest absolute Gasteiger partial charge is 0.399 e. The van der Waals surface area contributed by atoms with Crippen LogP contribution in [-0.2, 0) is 5.41 Å². The Bertz CT molecular complexity index is 675. The van der Waals surface area contributed by atoms with Gasteiger partial charge in [-0.3, -0.25) is 4.79 Å². The van der Waals surface area contributed by atoms with E-state index in [9.17, 15) is 4.79 Å². The number of carbonyl (C=O) groups excluding carboxylic acids is 1. The SMILES string of the molecule is CC(C)(C)c1ccccc1NC(=O)c1cc(N)ccc1Br. The van der Waals surface area contributed by atoms with Crippen LogP contribution in [0.25, 0.3) is 0 Å². The first-order chi connectivity index (χ1) is 9.79. The Morgan fingerprint density at radius 2 is 1.81 bits per heavy atom. The topological polar surface area (TPSA) is 55.1 Å². The Hall–Kier alpha value is -1.81. The monoisotopic (exact) mass is 346 g/mol. The molecule has 21 heavy (non-hydrogen) atoms. The molecule has 0 bridgehead atoms. The molecule has 0 heterocycles. The van der Waals surface area contributed by atoms with Gasteiger partial charge in [0.15, 0.2) is 0 Å². The highest BCUT2D eigenvalue weighted by atomic mass is 79.9. The third-order valence-corrected chi connectivity index (χ3v) is 3.91. The molecule has 110 valence electrons. The van der Waals surface area contributed by atoms with Crippen LogP contribution >= 0.6 is 15.9 Å². The van der Waals surface area contributed by atoms with Crippen LogP contribution in [0.2, 0.25) is 0 Å². The average Bonchev–Trinajstić information content (AvgIpc) is 2.41. The smallest absolute Gasteiger partial charge is 0.256 e. The van der Waals surface area contributed by atoms with E-state index in [2.05, 4.69) is 42.0 Å². The van der Waals surface area contributed by atoms with E-state index >= 15 is 0 Å². The molecule has 3 nitrogen and oxygen atoms in total. The van der Waals surface area contributed by atoms with Crippen LogP contribution in [0, 0.1) is 0 Å². The van der Waals surface area contributed by atoms with E-state index in [1.54, 1.807) is 18.2 Å². The number of nitrogens with two attached hydrogens (primary N) is 1. The zero-order valence-corrected chi connectivity index (χ0v) is 14.0. The van der Waals surface area contributed by atoms with Crippen LogP contribution in [0.4, 0.5) is 11.4 Å². The van der Waals surface area contributed by atoms with Gasteiger partial charge in [0.2, 0.25) is 0 Å². The van der Waals surface area contributed by atoms with Crippen molar-refractivity contribution in [3.8, 4) is 0 Å². The number of carbonyl (C=O) groups is 1. The van der Waals surface area contributed by atoms with Gasteiger partial charge < -0.3 is 11.1 Å². The molecule has 0 aliphatic rings.